The Kier molecular flexibility index (Phi) is 4.88. The standard InChI is InChI=1S/C19H18N2O5/c20-17(22)9-16(18(23)24)21-19(25)26-10-15-13-7-3-1-5-11(13)12-6-2-4-8-14(12)15/h1-8,15-16H,9-10H2,(H2,20,22)(H,21,25)(H,23,24). The molecule has 0 aliphatic heterocycles. The van der Waals surface area contributed by atoms with E-state index in [1.807, 2.05) is 48.5 Å². The van der Waals surface area contributed by atoms with Crippen LogP contribution in [0.1, 0.15) is 23.5 Å². The van der Waals surface area contributed by atoms with E-state index in [-0.39, 0.29) is 12.5 Å². The van der Waals surface area contributed by atoms with Gasteiger partial charge in [0.25, 0.3) is 0 Å². The second-order valence-electron chi connectivity index (χ2n) is 6.03. The molecule has 2 aromatic rings. The molecule has 7 nitrogen and oxygen atoms in total. The number of carbonyl (C=O) groups excluding carboxylic acids is 2. The number of primary amides is 1. The molecule has 4 N–H and O–H groups in total. The number of amides is 2. The Morgan fingerprint density at radius 2 is 1.58 bits per heavy atom. The SMILES string of the molecule is NC(=O)CC(NC(=O)OCC1c2ccccc2-c2ccccc21)C(=O)O. The summed E-state index contributed by atoms with van der Waals surface area (Å²) in [5, 5.41) is 11.2. The molecule has 0 fully saturated rings. The lowest BCUT2D eigenvalue weighted by Gasteiger charge is -2.16. The summed E-state index contributed by atoms with van der Waals surface area (Å²) in [5.41, 5.74) is 9.27. The predicted octanol–water partition coefficient (Wildman–Crippen LogP) is 1.85. The second kappa shape index (κ2) is 7.26. The maximum absolute atomic E-state index is 12.0. The topological polar surface area (TPSA) is 119 Å². The lowest BCUT2D eigenvalue weighted by molar-refractivity contribution is -0.141. The summed E-state index contributed by atoms with van der Waals surface area (Å²) >= 11 is 0. The number of fused-ring (bicyclic) bond motifs is 3. The molecule has 1 aliphatic carbocycles. The molecule has 2 aromatic carbocycles. The fraction of sp³-hybridized carbons (Fsp3) is 0.211. The number of hydrogen-bond acceptors (Lipinski definition) is 4. The first-order chi connectivity index (χ1) is 12.5. The number of hydrogen-bond donors (Lipinski definition) is 3. The predicted molar refractivity (Wildman–Crippen MR) is 93.4 cm³/mol. The van der Waals surface area contributed by atoms with E-state index >= 15 is 0 Å². The number of carbonyl (C=O) groups is 3. The lowest BCUT2D eigenvalue weighted by atomic mass is 9.98. The Balaban J connectivity index is 1.71. The van der Waals surface area contributed by atoms with Crippen LogP contribution in [-0.4, -0.2) is 35.7 Å². The Morgan fingerprint density at radius 1 is 1.04 bits per heavy atom. The summed E-state index contributed by atoms with van der Waals surface area (Å²) in [5.74, 6) is -2.30. The largest absolute Gasteiger partial charge is 0.480 e. The number of ether oxygens (including phenoxy) is 1. The molecular weight excluding hydrogens is 336 g/mol. The van der Waals surface area contributed by atoms with E-state index in [4.69, 9.17) is 15.6 Å². The zero-order valence-electron chi connectivity index (χ0n) is 13.8. The molecule has 7 heteroatoms. The van der Waals surface area contributed by atoms with Crippen molar-refractivity contribution in [1.29, 1.82) is 0 Å². The van der Waals surface area contributed by atoms with Gasteiger partial charge in [0.05, 0.1) is 6.42 Å². The van der Waals surface area contributed by atoms with E-state index in [0.29, 0.717) is 0 Å². The monoisotopic (exact) mass is 354 g/mol. The highest BCUT2D eigenvalue weighted by Gasteiger charge is 2.30. The third-order valence-electron chi connectivity index (χ3n) is 4.34. The molecule has 0 saturated heterocycles. The van der Waals surface area contributed by atoms with E-state index in [2.05, 4.69) is 5.32 Å². The van der Waals surface area contributed by atoms with E-state index in [1.54, 1.807) is 0 Å². The van der Waals surface area contributed by atoms with Crippen LogP contribution < -0.4 is 11.1 Å². The summed E-state index contributed by atoms with van der Waals surface area (Å²) in [6.07, 6.45) is -1.40. The van der Waals surface area contributed by atoms with E-state index in [1.165, 1.54) is 0 Å². The third kappa shape index (κ3) is 3.51. The van der Waals surface area contributed by atoms with Crippen LogP contribution in [0.15, 0.2) is 48.5 Å². The Morgan fingerprint density at radius 3 is 2.08 bits per heavy atom. The van der Waals surface area contributed by atoms with Crippen LogP contribution in [0.2, 0.25) is 0 Å². The Labute approximate surface area is 149 Å². The summed E-state index contributed by atoms with van der Waals surface area (Å²) < 4.78 is 5.24. The maximum Gasteiger partial charge on any atom is 0.407 e. The van der Waals surface area contributed by atoms with Crippen molar-refractivity contribution in [3.63, 3.8) is 0 Å². The van der Waals surface area contributed by atoms with Crippen molar-refractivity contribution in [3.8, 4) is 11.1 Å². The maximum atomic E-state index is 12.0. The van der Waals surface area contributed by atoms with Gasteiger partial charge < -0.3 is 20.9 Å². The molecule has 3 rings (SSSR count). The van der Waals surface area contributed by atoms with Crippen LogP contribution in [0.4, 0.5) is 4.79 Å². The van der Waals surface area contributed by atoms with Crippen molar-refractivity contribution < 1.29 is 24.2 Å². The smallest absolute Gasteiger partial charge is 0.407 e. The van der Waals surface area contributed by atoms with Crippen molar-refractivity contribution in [2.24, 2.45) is 5.73 Å². The van der Waals surface area contributed by atoms with Gasteiger partial charge in [-0.3, -0.25) is 4.79 Å². The minimum atomic E-state index is -1.41. The fourth-order valence-corrected chi connectivity index (χ4v) is 3.18. The number of nitrogens with two attached hydrogens (primary N) is 1. The summed E-state index contributed by atoms with van der Waals surface area (Å²) in [6, 6.07) is 14.3. The van der Waals surface area contributed by atoms with Gasteiger partial charge in [0, 0.05) is 5.92 Å². The fourth-order valence-electron chi connectivity index (χ4n) is 3.18. The summed E-state index contributed by atoms with van der Waals surface area (Å²) in [4.78, 5) is 34.0. The van der Waals surface area contributed by atoms with Crippen molar-refractivity contribution in [1.82, 2.24) is 5.32 Å². The molecule has 0 radical (unpaired) electrons. The molecule has 1 unspecified atom stereocenters. The molecule has 0 bridgehead atoms. The number of benzene rings is 2. The van der Waals surface area contributed by atoms with Gasteiger partial charge in [0.15, 0.2) is 0 Å². The number of carboxylic acids is 1. The van der Waals surface area contributed by atoms with E-state index in [9.17, 15) is 14.4 Å². The average molecular weight is 354 g/mol. The van der Waals surface area contributed by atoms with Gasteiger partial charge in [-0.15, -0.1) is 0 Å². The quantitative estimate of drug-likeness (QED) is 0.731. The van der Waals surface area contributed by atoms with Gasteiger partial charge in [-0.2, -0.15) is 0 Å². The van der Waals surface area contributed by atoms with Gasteiger partial charge in [0.2, 0.25) is 5.91 Å². The van der Waals surface area contributed by atoms with Crippen LogP contribution in [0.5, 0.6) is 0 Å². The zero-order chi connectivity index (χ0) is 18.7. The third-order valence-corrected chi connectivity index (χ3v) is 4.34. The number of rotatable bonds is 6. The number of nitrogens with one attached hydrogen (secondary N) is 1. The molecule has 134 valence electrons. The highest BCUT2D eigenvalue weighted by molar-refractivity contribution is 5.86. The summed E-state index contributed by atoms with van der Waals surface area (Å²) in [6.45, 7) is 0.0583. The number of alkyl carbamates (subject to hydrolysis) is 1. The molecule has 26 heavy (non-hydrogen) atoms. The Bertz CT molecular complexity index is 819. The molecule has 0 heterocycles. The first kappa shape index (κ1) is 17.5. The van der Waals surface area contributed by atoms with Gasteiger partial charge >= 0.3 is 12.1 Å². The van der Waals surface area contributed by atoms with Gasteiger partial charge in [0.1, 0.15) is 12.6 Å². The van der Waals surface area contributed by atoms with Crippen molar-refractivity contribution in [2.75, 3.05) is 6.61 Å². The van der Waals surface area contributed by atoms with Crippen molar-refractivity contribution in [2.45, 2.75) is 18.4 Å². The molecular formula is C19H18N2O5. The lowest BCUT2D eigenvalue weighted by Crippen LogP contribution is -2.43. The zero-order valence-corrected chi connectivity index (χ0v) is 13.8. The summed E-state index contributed by atoms with van der Waals surface area (Å²) in [7, 11) is 0. The van der Waals surface area contributed by atoms with Crippen LogP contribution in [0.25, 0.3) is 11.1 Å². The Hall–Kier alpha value is -3.35. The van der Waals surface area contributed by atoms with Gasteiger partial charge in [-0.05, 0) is 22.3 Å². The average Bonchev–Trinajstić information content (AvgIpc) is 2.93. The minimum Gasteiger partial charge on any atom is -0.480 e. The van der Waals surface area contributed by atoms with E-state index in [0.717, 1.165) is 22.3 Å². The van der Waals surface area contributed by atoms with Crippen LogP contribution in [-0.2, 0) is 14.3 Å². The molecule has 0 aromatic heterocycles. The van der Waals surface area contributed by atoms with Crippen LogP contribution in [0.3, 0.4) is 0 Å². The van der Waals surface area contributed by atoms with Crippen molar-refractivity contribution >= 4 is 18.0 Å². The number of aliphatic carboxylic acids is 1. The van der Waals surface area contributed by atoms with Crippen LogP contribution >= 0.6 is 0 Å². The van der Waals surface area contributed by atoms with Gasteiger partial charge in [-0.25, -0.2) is 9.59 Å². The highest BCUT2D eigenvalue weighted by atomic mass is 16.5. The van der Waals surface area contributed by atoms with Crippen molar-refractivity contribution in [3.05, 3.63) is 59.7 Å². The molecule has 2 amide bonds. The first-order valence-corrected chi connectivity index (χ1v) is 8.10. The molecule has 0 saturated carbocycles. The van der Waals surface area contributed by atoms with Crippen LogP contribution in [0, 0.1) is 0 Å². The van der Waals surface area contributed by atoms with E-state index < -0.39 is 30.4 Å². The molecule has 1 atom stereocenters. The normalized spacial score (nSPS) is 13.4. The highest BCUT2D eigenvalue weighted by Crippen LogP contribution is 2.44. The minimum absolute atomic E-state index is 0.0583. The molecule has 1 aliphatic rings. The second-order valence-corrected chi connectivity index (χ2v) is 6.03. The van der Waals surface area contributed by atoms with Gasteiger partial charge in [-0.1, -0.05) is 48.5 Å². The first-order valence-electron chi connectivity index (χ1n) is 8.10. The number of carboxylic acid groups (broad SMARTS) is 1. The molecule has 0 spiro atoms.